The van der Waals surface area contributed by atoms with Gasteiger partial charge in [-0.05, 0) is 18.6 Å². The molecule has 1 aliphatic rings. The minimum Gasteiger partial charge on any atom is -0.478 e. The van der Waals surface area contributed by atoms with Crippen molar-refractivity contribution in [2.45, 2.75) is 12.5 Å². The van der Waals surface area contributed by atoms with Crippen LogP contribution in [0.1, 0.15) is 16.8 Å². The predicted molar refractivity (Wildman–Crippen MR) is 56.2 cm³/mol. The fourth-order valence-electron chi connectivity index (χ4n) is 1.69. The van der Waals surface area contributed by atoms with Gasteiger partial charge in [-0.1, -0.05) is 0 Å². The number of hydrogen-bond acceptors (Lipinski definition) is 3. The first-order valence-electron chi connectivity index (χ1n) is 5.14. The largest absolute Gasteiger partial charge is 0.478 e. The van der Waals surface area contributed by atoms with Gasteiger partial charge in [0.15, 0.2) is 0 Å². The third kappa shape index (κ3) is 2.52. The van der Waals surface area contributed by atoms with Crippen LogP contribution in [0.25, 0.3) is 0 Å². The third-order valence-electron chi connectivity index (χ3n) is 2.57. The molecule has 0 radical (unpaired) electrons. The van der Waals surface area contributed by atoms with E-state index in [2.05, 4.69) is 5.32 Å². The van der Waals surface area contributed by atoms with Gasteiger partial charge in [-0.3, -0.25) is 0 Å². The zero-order valence-corrected chi connectivity index (χ0v) is 8.87. The summed E-state index contributed by atoms with van der Waals surface area (Å²) in [5.74, 6) is -3.18. The zero-order chi connectivity index (χ0) is 12.4. The van der Waals surface area contributed by atoms with Gasteiger partial charge in [0.25, 0.3) is 0 Å². The molecule has 0 bridgehead atoms. The van der Waals surface area contributed by atoms with Crippen molar-refractivity contribution >= 4 is 11.7 Å². The van der Waals surface area contributed by atoms with Crippen molar-refractivity contribution < 1.29 is 23.4 Å². The van der Waals surface area contributed by atoms with E-state index in [0.29, 0.717) is 19.6 Å². The second-order valence-corrected chi connectivity index (χ2v) is 3.82. The molecule has 92 valence electrons. The Morgan fingerprint density at radius 3 is 2.53 bits per heavy atom. The normalized spacial score (nSPS) is 19.3. The Morgan fingerprint density at radius 1 is 1.41 bits per heavy atom. The number of carboxylic acids is 1. The minimum atomic E-state index is -1.36. The smallest absolute Gasteiger partial charge is 0.335 e. The average molecular weight is 243 g/mol. The Morgan fingerprint density at radius 2 is 2.06 bits per heavy atom. The molecule has 2 rings (SSSR count). The van der Waals surface area contributed by atoms with E-state index in [1.807, 2.05) is 0 Å². The summed E-state index contributed by atoms with van der Waals surface area (Å²) in [5, 5.41) is 11.3. The number of nitrogens with one attached hydrogen (secondary N) is 1. The SMILES string of the molecule is O=C(O)c1cc(F)c(NC2CCOC2)c(F)c1. The number of hydrogen-bond donors (Lipinski definition) is 2. The number of benzene rings is 1. The molecule has 1 aromatic carbocycles. The van der Waals surface area contributed by atoms with Crippen molar-refractivity contribution in [3.8, 4) is 0 Å². The Hall–Kier alpha value is -1.69. The molecule has 1 aromatic rings. The van der Waals surface area contributed by atoms with Gasteiger partial charge in [-0.25, -0.2) is 13.6 Å². The topological polar surface area (TPSA) is 58.6 Å². The molecule has 0 aromatic heterocycles. The number of ether oxygens (including phenoxy) is 1. The molecule has 1 fully saturated rings. The monoisotopic (exact) mass is 243 g/mol. The molecule has 1 saturated heterocycles. The van der Waals surface area contributed by atoms with Gasteiger partial charge in [0, 0.05) is 6.61 Å². The lowest BCUT2D eigenvalue weighted by Gasteiger charge is -2.14. The van der Waals surface area contributed by atoms with Crippen LogP contribution in [0, 0.1) is 11.6 Å². The summed E-state index contributed by atoms with van der Waals surface area (Å²) in [6.45, 7) is 0.938. The van der Waals surface area contributed by atoms with Crippen molar-refractivity contribution in [3.63, 3.8) is 0 Å². The van der Waals surface area contributed by atoms with Crippen LogP contribution in [-0.4, -0.2) is 30.3 Å². The van der Waals surface area contributed by atoms with E-state index in [4.69, 9.17) is 9.84 Å². The molecule has 4 nitrogen and oxygen atoms in total. The van der Waals surface area contributed by atoms with Crippen LogP contribution in [0.4, 0.5) is 14.5 Å². The number of anilines is 1. The van der Waals surface area contributed by atoms with Gasteiger partial charge in [-0.2, -0.15) is 0 Å². The third-order valence-corrected chi connectivity index (χ3v) is 2.57. The minimum absolute atomic E-state index is 0.144. The van der Waals surface area contributed by atoms with E-state index in [1.54, 1.807) is 0 Å². The molecule has 6 heteroatoms. The molecule has 1 atom stereocenters. The van der Waals surface area contributed by atoms with E-state index in [0.717, 1.165) is 12.1 Å². The number of halogens is 2. The lowest BCUT2D eigenvalue weighted by atomic mass is 10.1. The number of carbonyl (C=O) groups is 1. The summed E-state index contributed by atoms with van der Waals surface area (Å²) in [6.07, 6.45) is 0.666. The molecule has 0 aliphatic carbocycles. The van der Waals surface area contributed by atoms with Crippen LogP contribution in [0.2, 0.25) is 0 Å². The fourth-order valence-corrected chi connectivity index (χ4v) is 1.69. The number of carboxylic acid groups (broad SMARTS) is 1. The molecular weight excluding hydrogens is 232 g/mol. The van der Waals surface area contributed by atoms with Crippen LogP contribution >= 0.6 is 0 Å². The van der Waals surface area contributed by atoms with Gasteiger partial charge >= 0.3 is 5.97 Å². The molecule has 0 spiro atoms. The van der Waals surface area contributed by atoms with Gasteiger partial charge in [0.2, 0.25) is 0 Å². The highest BCUT2D eigenvalue weighted by Crippen LogP contribution is 2.23. The van der Waals surface area contributed by atoms with Crippen molar-refractivity contribution in [3.05, 3.63) is 29.3 Å². The molecule has 1 heterocycles. The van der Waals surface area contributed by atoms with Gasteiger partial charge in [-0.15, -0.1) is 0 Å². The molecule has 1 aliphatic heterocycles. The summed E-state index contributed by atoms with van der Waals surface area (Å²) in [6, 6.07) is 1.45. The quantitative estimate of drug-likeness (QED) is 0.850. The average Bonchev–Trinajstić information content (AvgIpc) is 2.75. The Labute approximate surface area is 96.2 Å². The van der Waals surface area contributed by atoms with Crippen LogP contribution in [0.3, 0.4) is 0 Å². The highest BCUT2D eigenvalue weighted by atomic mass is 19.1. The lowest BCUT2D eigenvalue weighted by molar-refractivity contribution is 0.0696. The molecule has 0 amide bonds. The van der Waals surface area contributed by atoms with E-state index in [9.17, 15) is 13.6 Å². The highest BCUT2D eigenvalue weighted by molar-refractivity contribution is 5.88. The molecule has 2 N–H and O–H groups in total. The first kappa shape index (κ1) is 11.8. The maximum absolute atomic E-state index is 13.5. The van der Waals surface area contributed by atoms with E-state index < -0.39 is 23.2 Å². The van der Waals surface area contributed by atoms with E-state index >= 15 is 0 Å². The van der Waals surface area contributed by atoms with Gasteiger partial charge in [0.05, 0.1) is 18.2 Å². The zero-order valence-electron chi connectivity index (χ0n) is 8.87. The van der Waals surface area contributed by atoms with Crippen molar-refractivity contribution in [1.29, 1.82) is 0 Å². The molecule has 17 heavy (non-hydrogen) atoms. The Kier molecular flexibility index (Phi) is 3.23. The number of rotatable bonds is 3. The van der Waals surface area contributed by atoms with E-state index in [1.165, 1.54) is 0 Å². The second-order valence-electron chi connectivity index (χ2n) is 3.82. The summed E-state index contributed by atoms with van der Waals surface area (Å²) in [7, 11) is 0. The Bertz CT molecular complexity index is 421. The van der Waals surface area contributed by atoms with Crippen LogP contribution < -0.4 is 5.32 Å². The first-order chi connectivity index (χ1) is 8.08. The van der Waals surface area contributed by atoms with Crippen molar-refractivity contribution in [2.75, 3.05) is 18.5 Å². The standard InChI is InChI=1S/C11H11F2NO3/c12-8-3-6(11(15)16)4-9(13)10(8)14-7-1-2-17-5-7/h3-4,7,14H,1-2,5H2,(H,15,16). The van der Waals surface area contributed by atoms with E-state index in [-0.39, 0.29) is 11.7 Å². The van der Waals surface area contributed by atoms with Gasteiger partial charge < -0.3 is 15.2 Å². The summed E-state index contributed by atoms with van der Waals surface area (Å²) < 4.78 is 32.1. The van der Waals surface area contributed by atoms with Crippen LogP contribution in [0.5, 0.6) is 0 Å². The van der Waals surface area contributed by atoms with Crippen molar-refractivity contribution in [2.24, 2.45) is 0 Å². The first-order valence-corrected chi connectivity index (χ1v) is 5.14. The summed E-state index contributed by atoms with van der Waals surface area (Å²) in [4.78, 5) is 10.6. The molecule has 1 unspecified atom stereocenters. The maximum Gasteiger partial charge on any atom is 0.335 e. The maximum atomic E-state index is 13.5. The Balaban J connectivity index is 2.24. The number of aromatic carboxylic acids is 1. The van der Waals surface area contributed by atoms with Crippen LogP contribution in [-0.2, 0) is 4.74 Å². The predicted octanol–water partition coefficient (Wildman–Crippen LogP) is 1.86. The second kappa shape index (κ2) is 4.67. The lowest BCUT2D eigenvalue weighted by Crippen LogP contribution is -2.21. The van der Waals surface area contributed by atoms with Crippen molar-refractivity contribution in [1.82, 2.24) is 0 Å². The van der Waals surface area contributed by atoms with Crippen LogP contribution in [0.15, 0.2) is 12.1 Å². The highest BCUT2D eigenvalue weighted by Gasteiger charge is 2.20. The fraction of sp³-hybridized carbons (Fsp3) is 0.364. The van der Waals surface area contributed by atoms with Gasteiger partial charge in [0.1, 0.15) is 17.3 Å². The molecular formula is C11H11F2NO3. The summed E-state index contributed by atoms with van der Waals surface area (Å²) >= 11 is 0. The summed E-state index contributed by atoms with van der Waals surface area (Å²) in [5.41, 5.74) is -0.710. The molecule has 0 saturated carbocycles.